The molecule has 0 aliphatic carbocycles. The van der Waals surface area contributed by atoms with Gasteiger partial charge >= 0.3 is 0 Å². The van der Waals surface area contributed by atoms with Crippen molar-refractivity contribution in [2.75, 3.05) is 0 Å². The molecule has 5 rings (SSSR count). The van der Waals surface area contributed by atoms with E-state index in [0.717, 1.165) is 16.6 Å². The van der Waals surface area contributed by atoms with E-state index in [4.69, 9.17) is 0 Å². The van der Waals surface area contributed by atoms with Crippen LogP contribution in [-0.4, -0.2) is 29.4 Å². The molecule has 0 fully saturated rings. The Morgan fingerprint density at radius 3 is 2.65 bits per heavy atom. The number of rotatable bonds is 3. The molecule has 6 nitrogen and oxygen atoms in total. The minimum atomic E-state index is -0.316. The minimum absolute atomic E-state index is 0.316. The van der Waals surface area contributed by atoms with Gasteiger partial charge in [0, 0.05) is 5.56 Å². The lowest BCUT2D eigenvalue weighted by Gasteiger charge is -2.04. The third-order valence-corrected chi connectivity index (χ3v) is 4.30. The Labute approximate surface area is 147 Å². The Kier molecular flexibility index (Phi) is 3.24. The van der Waals surface area contributed by atoms with Gasteiger partial charge in [-0.15, -0.1) is 10.2 Å². The van der Waals surface area contributed by atoms with Crippen molar-refractivity contribution >= 4 is 16.7 Å². The molecule has 0 atom stereocenters. The van der Waals surface area contributed by atoms with Gasteiger partial charge in [-0.1, -0.05) is 42.5 Å². The summed E-state index contributed by atoms with van der Waals surface area (Å²) in [5, 5.41) is 13.7. The number of benzene rings is 2. The molecule has 0 bridgehead atoms. The summed E-state index contributed by atoms with van der Waals surface area (Å²) < 4.78 is 17.1. The normalized spacial score (nSPS) is 11.4. The van der Waals surface area contributed by atoms with Gasteiger partial charge in [-0.2, -0.15) is 5.10 Å². The summed E-state index contributed by atoms with van der Waals surface area (Å²) in [7, 11) is 0. The number of halogens is 1. The molecular weight excluding hydrogens is 331 g/mol. The van der Waals surface area contributed by atoms with Crippen molar-refractivity contribution in [3.8, 4) is 11.4 Å². The van der Waals surface area contributed by atoms with Crippen molar-refractivity contribution in [3.05, 3.63) is 78.5 Å². The predicted octanol–water partition coefficient (Wildman–Crippen LogP) is 3.33. The van der Waals surface area contributed by atoms with Crippen LogP contribution in [-0.2, 0) is 6.54 Å². The zero-order valence-corrected chi connectivity index (χ0v) is 13.6. The molecule has 0 aliphatic rings. The van der Waals surface area contributed by atoms with E-state index < -0.39 is 0 Å². The first-order valence-electron chi connectivity index (χ1n) is 8.15. The van der Waals surface area contributed by atoms with E-state index in [-0.39, 0.29) is 5.82 Å². The second-order valence-corrected chi connectivity index (χ2v) is 6.00. The maximum atomic E-state index is 13.5. The van der Waals surface area contributed by atoms with E-state index in [9.17, 15) is 4.39 Å². The molecule has 0 saturated heterocycles. The molecule has 0 saturated carbocycles. The van der Waals surface area contributed by atoms with Crippen molar-refractivity contribution in [1.82, 2.24) is 29.4 Å². The van der Waals surface area contributed by atoms with Crippen molar-refractivity contribution < 1.29 is 4.39 Å². The van der Waals surface area contributed by atoms with Crippen molar-refractivity contribution in [2.24, 2.45) is 0 Å². The zero-order valence-electron chi connectivity index (χ0n) is 13.6. The van der Waals surface area contributed by atoms with Crippen molar-refractivity contribution in [1.29, 1.82) is 0 Å². The molecule has 0 spiro atoms. The lowest BCUT2D eigenvalue weighted by Crippen LogP contribution is -2.03. The first-order valence-corrected chi connectivity index (χ1v) is 8.15. The summed E-state index contributed by atoms with van der Waals surface area (Å²) in [6.45, 7) is 0.623. The first-order chi connectivity index (χ1) is 12.8. The quantitative estimate of drug-likeness (QED) is 0.504. The Balaban J connectivity index is 1.63. The fraction of sp³-hybridized carbons (Fsp3) is 0.0526. The maximum Gasteiger partial charge on any atom is 0.175 e. The van der Waals surface area contributed by atoms with Gasteiger partial charge in [-0.25, -0.2) is 14.1 Å². The Morgan fingerprint density at radius 2 is 1.81 bits per heavy atom. The maximum absolute atomic E-state index is 13.5. The molecule has 0 amide bonds. The Hall–Kier alpha value is -3.61. The van der Waals surface area contributed by atoms with E-state index in [1.54, 1.807) is 29.1 Å². The fourth-order valence-corrected chi connectivity index (χ4v) is 3.07. The SMILES string of the molecule is Fc1cccc(-c2nnc3c4cnn(Cc5ccccc5)c4ncn23)c1. The highest BCUT2D eigenvalue weighted by atomic mass is 19.1. The number of hydrogen-bond donors (Lipinski definition) is 0. The van der Waals surface area contributed by atoms with Gasteiger partial charge in [0.05, 0.1) is 18.1 Å². The van der Waals surface area contributed by atoms with Crippen LogP contribution >= 0.6 is 0 Å². The Morgan fingerprint density at radius 1 is 0.923 bits per heavy atom. The van der Waals surface area contributed by atoms with Crippen LogP contribution in [0.3, 0.4) is 0 Å². The summed E-state index contributed by atoms with van der Waals surface area (Å²) >= 11 is 0. The van der Waals surface area contributed by atoms with Gasteiger partial charge in [0.1, 0.15) is 12.1 Å². The molecule has 2 aromatic carbocycles. The molecule has 26 heavy (non-hydrogen) atoms. The third-order valence-electron chi connectivity index (χ3n) is 4.30. The zero-order chi connectivity index (χ0) is 17.5. The van der Waals surface area contributed by atoms with Crippen LogP contribution in [0.15, 0.2) is 67.1 Å². The number of fused-ring (bicyclic) bond motifs is 3. The molecule has 3 aromatic heterocycles. The average molecular weight is 344 g/mol. The van der Waals surface area contributed by atoms with Gasteiger partial charge in [-0.05, 0) is 17.7 Å². The third kappa shape index (κ3) is 2.33. The van der Waals surface area contributed by atoms with Crippen LogP contribution in [0.2, 0.25) is 0 Å². The van der Waals surface area contributed by atoms with Crippen LogP contribution in [0.25, 0.3) is 28.1 Å². The van der Waals surface area contributed by atoms with Crippen LogP contribution in [0.1, 0.15) is 5.56 Å². The summed E-state index contributed by atoms with van der Waals surface area (Å²) in [6, 6.07) is 16.3. The molecule has 0 radical (unpaired) electrons. The van der Waals surface area contributed by atoms with Gasteiger partial charge in [0.15, 0.2) is 17.1 Å². The highest BCUT2D eigenvalue weighted by Gasteiger charge is 2.15. The standard InChI is InChI=1S/C19H13FN6/c20-15-8-4-7-14(9-15)17-23-24-19-16-10-22-26(18(16)21-12-25(17)19)11-13-5-2-1-3-6-13/h1-10,12H,11H2. The molecule has 126 valence electrons. The van der Waals surface area contributed by atoms with E-state index in [1.807, 2.05) is 35.0 Å². The van der Waals surface area contributed by atoms with Crippen LogP contribution in [0.5, 0.6) is 0 Å². The van der Waals surface area contributed by atoms with Crippen LogP contribution < -0.4 is 0 Å². The monoisotopic (exact) mass is 344 g/mol. The second kappa shape index (κ2) is 5.73. The van der Waals surface area contributed by atoms with Gasteiger partial charge in [0.2, 0.25) is 0 Å². The number of nitrogens with zero attached hydrogens (tertiary/aromatic N) is 6. The first kappa shape index (κ1) is 14.7. The summed E-state index contributed by atoms with van der Waals surface area (Å²) in [5.74, 6) is 0.230. The molecule has 0 aliphatic heterocycles. The van der Waals surface area contributed by atoms with Crippen molar-refractivity contribution in [2.45, 2.75) is 6.54 Å². The van der Waals surface area contributed by atoms with Gasteiger partial charge < -0.3 is 0 Å². The number of aromatic nitrogens is 6. The van der Waals surface area contributed by atoms with Crippen LogP contribution in [0.4, 0.5) is 4.39 Å². The van der Waals surface area contributed by atoms with Crippen LogP contribution in [0, 0.1) is 5.82 Å². The largest absolute Gasteiger partial charge is 0.265 e. The number of hydrogen-bond acceptors (Lipinski definition) is 4. The molecule has 7 heteroatoms. The van der Waals surface area contributed by atoms with Crippen molar-refractivity contribution in [3.63, 3.8) is 0 Å². The lowest BCUT2D eigenvalue weighted by molar-refractivity contribution is 0.628. The average Bonchev–Trinajstić information content (AvgIpc) is 3.27. The van der Waals surface area contributed by atoms with E-state index >= 15 is 0 Å². The molecule has 3 heterocycles. The predicted molar refractivity (Wildman–Crippen MR) is 95.0 cm³/mol. The second-order valence-electron chi connectivity index (χ2n) is 6.00. The van der Waals surface area contributed by atoms with E-state index in [2.05, 4.69) is 20.3 Å². The lowest BCUT2D eigenvalue weighted by atomic mass is 10.2. The summed E-state index contributed by atoms with van der Waals surface area (Å²) in [4.78, 5) is 4.54. The van der Waals surface area contributed by atoms with Gasteiger partial charge in [0.25, 0.3) is 0 Å². The molecule has 5 aromatic rings. The Bertz CT molecular complexity index is 1220. The smallest absolute Gasteiger partial charge is 0.175 e. The topological polar surface area (TPSA) is 60.9 Å². The molecular formula is C19H13FN6. The molecule has 0 unspecified atom stereocenters. The molecule has 0 N–H and O–H groups in total. The van der Waals surface area contributed by atoms with Gasteiger partial charge in [-0.3, -0.25) is 4.40 Å². The van der Waals surface area contributed by atoms with E-state index in [0.29, 0.717) is 23.6 Å². The highest BCUT2D eigenvalue weighted by molar-refractivity contribution is 5.89. The fourth-order valence-electron chi connectivity index (χ4n) is 3.07. The summed E-state index contributed by atoms with van der Waals surface area (Å²) in [6.07, 6.45) is 3.39. The van der Waals surface area contributed by atoms with E-state index in [1.165, 1.54) is 12.1 Å². The highest BCUT2D eigenvalue weighted by Crippen LogP contribution is 2.23. The minimum Gasteiger partial charge on any atom is -0.265 e. The summed E-state index contributed by atoms with van der Waals surface area (Å²) in [5.41, 5.74) is 3.17.